The predicted molar refractivity (Wildman–Crippen MR) is 178 cm³/mol. The third-order valence-electron chi connectivity index (χ3n) is 7.68. The average Bonchev–Trinajstić information content (AvgIpc) is 3.05. The summed E-state index contributed by atoms with van der Waals surface area (Å²) < 4.78 is 0. The first-order valence-electron chi connectivity index (χ1n) is 15.4. The summed E-state index contributed by atoms with van der Waals surface area (Å²) in [7, 11) is 0. The maximum absolute atomic E-state index is 9.72. The lowest BCUT2D eigenvalue weighted by atomic mass is 9.98. The summed E-state index contributed by atoms with van der Waals surface area (Å²) in [6.45, 7) is 8.60. The molecular weight excluding hydrogens is 554 g/mol. The van der Waals surface area contributed by atoms with Crippen LogP contribution in [0.4, 0.5) is 0 Å². The molecule has 0 radical (unpaired) electrons. The molecule has 0 atom stereocenters. The van der Waals surface area contributed by atoms with E-state index in [-0.39, 0.29) is 0 Å². The van der Waals surface area contributed by atoms with Crippen LogP contribution in [0.3, 0.4) is 0 Å². The normalized spacial score (nSPS) is 11.3. The van der Waals surface area contributed by atoms with Crippen LogP contribution in [0.5, 0.6) is 0 Å². The van der Waals surface area contributed by atoms with Crippen molar-refractivity contribution in [3.63, 3.8) is 0 Å². The van der Waals surface area contributed by atoms with Crippen molar-refractivity contribution in [2.75, 3.05) is 0 Å². The van der Waals surface area contributed by atoms with Crippen LogP contribution in [-0.2, 0) is 19.3 Å². The molecule has 3 heterocycles. The zero-order valence-corrected chi connectivity index (χ0v) is 26.1. The van der Waals surface area contributed by atoms with Crippen molar-refractivity contribution in [1.82, 2.24) is 29.9 Å². The van der Waals surface area contributed by atoms with Gasteiger partial charge < -0.3 is 0 Å². The maximum Gasteiger partial charge on any atom is 0.162 e. The molecule has 0 saturated carbocycles. The lowest BCUT2D eigenvalue weighted by Gasteiger charge is -2.15. The van der Waals surface area contributed by atoms with Gasteiger partial charge in [-0.3, -0.25) is 0 Å². The van der Waals surface area contributed by atoms with Crippen LogP contribution in [0.1, 0.15) is 55.9 Å². The van der Waals surface area contributed by atoms with Gasteiger partial charge in [0.05, 0.1) is 33.8 Å². The topological polar surface area (TPSA) is 101 Å². The van der Waals surface area contributed by atoms with Crippen LogP contribution in [0, 0.1) is 23.2 Å². The number of hydrogen-bond acceptors (Lipinski definition) is 7. The zero-order valence-electron chi connectivity index (χ0n) is 26.1. The van der Waals surface area contributed by atoms with Crippen molar-refractivity contribution < 1.29 is 0 Å². The lowest BCUT2D eigenvalue weighted by Crippen LogP contribution is -2.09. The number of nitrogens with zero attached hydrogens (tertiary/aromatic N) is 7. The second kappa shape index (κ2) is 13.1. The van der Waals surface area contributed by atoms with Crippen LogP contribution >= 0.6 is 0 Å². The van der Waals surface area contributed by atoms with Crippen molar-refractivity contribution >= 4 is 10.8 Å². The highest BCUT2D eigenvalue weighted by atomic mass is 15.0. The van der Waals surface area contributed by atoms with Gasteiger partial charge in [0.15, 0.2) is 17.5 Å². The molecule has 0 N–H and O–H groups in total. The van der Waals surface area contributed by atoms with Gasteiger partial charge >= 0.3 is 0 Å². The zero-order chi connectivity index (χ0) is 31.3. The molecule has 3 aromatic carbocycles. The van der Waals surface area contributed by atoms with Gasteiger partial charge in [-0.25, -0.2) is 29.9 Å². The summed E-state index contributed by atoms with van der Waals surface area (Å²) in [4.78, 5) is 29.3. The van der Waals surface area contributed by atoms with E-state index in [1.807, 2.05) is 42.7 Å². The van der Waals surface area contributed by atoms with E-state index >= 15 is 0 Å². The molecule has 0 bridgehead atoms. The molecule has 6 rings (SSSR count). The second-order valence-corrected chi connectivity index (χ2v) is 12.2. The number of benzene rings is 3. The van der Waals surface area contributed by atoms with Gasteiger partial charge in [0, 0.05) is 30.6 Å². The van der Waals surface area contributed by atoms with Gasteiger partial charge in [-0.05, 0) is 41.0 Å². The molecule has 222 valence electrons. The Balaban J connectivity index is 1.51. The lowest BCUT2D eigenvalue weighted by molar-refractivity contribution is 0.633. The molecule has 6 aromatic rings. The summed E-state index contributed by atoms with van der Waals surface area (Å²) in [5.41, 5.74) is 6.63. The first kappa shape index (κ1) is 29.7. The molecule has 0 unspecified atom stereocenters. The minimum Gasteiger partial charge on any atom is -0.236 e. The van der Waals surface area contributed by atoms with E-state index in [1.165, 1.54) is 10.8 Å². The molecule has 0 aliphatic heterocycles. The van der Waals surface area contributed by atoms with Crippen LogP contribution in [-0.4, -0.2) is 29.9 Å². The number of hydrogen-bond donors (Lipinski definition) is 0. The first-order valence-corrected chi connectivity index (χ1v) is 15.4. The van der Waals surface area contributed by atoms with Crippen molar-refractivity contribution in [2.45, 2.75) is 47.0 Å². The Kier molecular flexibility index (Phi) is 8.65. The fourth-order valence-electron chi connectivity index (χ4n) is 5.55. The van der Waals surface area contributed by atoms with Crippen LogP contribution < -0.4 is 0 Å². The van der Waals surface area contributed by atoms with Crippen molar-refractivity contribution in [1.29, 1.82) is 5.26 Å². The Bertz CT molecular complexity index is 2000. The monoisotopic (exact) mass is 589 g/mol. The van der Waals surface area contributed by atoms with E-state index in [2.05, 4.69) is 81.2 Å². The molecule has 0 spiro atoms. The predicted octanol–water partition coefficient (Wildman–Crippen LogP) is 8.07. The van der Waals surface area contributed by atoms with Gasteiger partial charge in [-0.15, -0.1) is 0 Å². The Labute approximate surface area is 264 Å². The molecule has 45 heavy (non-hydrogen) atoms. The third kappa shape index (κ3) is 6.61. The van der Waals surface area contributed by atoms with Crippen molar-refractivity contribution in [2.24, 2.45) is 11.8 Å². The van der Waals surface area contributed by atoms with E-state index in [0.29, 0.717) is 47.7 Å². The molecular formula is C38H35N7. The Morgan fingerprint density at radius 3 is 1.91 bits per heavy atom. The standard InChI is InChI=1S/C38H35N7/c1-24(2)17-33-29(20-39)21-40-37(43-33)32-23-42-38(45-35(32)19-28-15-10-14-26-11-8-9-16-30(26)28)31-22-41-36(27-12-6-5-7-13-27)44-34(31)18-25(3)4/h5-16,21-25H,17-19H2,1-4H3. The summed E-state index contributed by atoms with van der Waals surface area (Å²) in [6.07, 6.45) is 7.28. The number of nitriles is 1. The number of rotatable bonds is 9. The van der Waals surface area contributed by atoms with Crippen LogP contribution in [0.2, 0.25) is 0 Å². The molecule has 7 nitrogen and oxygen atoms in total. The highest BCUT2D eigenvalue weighted by Gasteiger charge is 2.20. The van der Waals surface area contributed by atoms with Gasteiger partial charge in [0.1, 0.15) is 6.07 Å². The molecule has 0 amide bonds. The minimum absolute atomic E-state index is 0.340. The van der Waals surface area contributed by atoms with E-state index < -0.39 is 0 Å². The average molecular weight is 590 g/mol. The largest absolute Gasteiger partial charge is 0.236 e. The Morgan fingerprint density at radius 1 is 0.600 bits per heavy atom. The van der Waals surface area contributed by atoms with Crippen molar-refractivity contribution in [3.05, 3.63) is 120 Å². The fraction of sp³-hybridized carbons (Fsp3) is 0.237. The fourth-order valence-corrected chi connectivity index (χ4v) is 5.55. The van der Waals surface area contributed by atoms with Gasteiger partial charge in [0.25, 0.3) is 0 Å². The highest BCUT2D eigenvalue weighted by molar-refractivity contribution is 5.86. The molecule has 3 aromatic heterocycles. The van der Waals surface area contributed by atoms with E-state index in [0.717, 1.165) is 45.8 Å². The quantitative estimate of drug-likeness (QED) is 0.168. The molecule has 0 aliphatic carbocycles. The van der Waals surface area contributed by atoms with Gasteiger partial charge in [-0.2, -0.15) is 5.26 Å². The van der Waals surface area contributed by atoms with Crippen LogP contribution in [0.15, 0.2) is 91.4 Å². The summed E-state index contributed by atoms with van der Waals surface area (Å²) in [6, 6.07) is 27.0. The minimum atomic E-state index is 0.340. The second-order valence-electron chi connectivity index (χ2n) is 12.2. The summed E-state index contributed by atoms with van der Waals surface area (Å²) in [5.74, 6) is 2.49. The van der Waals surface area contributed by atoms with E-state index in [9.17, 15) is 5.26 Å². The maximum atomic E-state index is 9.72. The smallest absolute Gasteiger partial charge is 0.162 e. The molecule has 0 fully saturated rings. The Morgan fingerprint density at radius 2 is 1.18 bits per heavy atom. The first-order chi connectivity index (χ1) is 21.9. The third-order valence-corrected chi connectivity index (χ3v) is 7.68. The Hall–Kier alpha value is -5.35. The number of aromatic nitrogens is 6. The van der Waals surface area contributed by atoms with Gasteiger partial charge in [0.2, 0.25) is 0 Å². The number of fused-ring (bicyclic) bond motifs is 1. The van der Waals surface area contributed by atoms with Crippen molar-refractivity contribution in [3.8, 4) is 40.2 Å². The molecule has 7 heteroatoms. The van der Waals surface area contributed by atoms with Crippen LogP contribution in [0.25, 0.3) is 44.9 Å². The molecule has 0 aliphatic rings. The summed E-state index contributed by atoms with van der Waals surface area (Å²) in [5, 5.41) is 12.1. The highest BCUT2D eigenvalue weighted by Crippen LogP contribution is 2.30. The van der Waals surface area contributed by atoms with E-state index in [1.54, 1.807) is 6.20 Å². The summed E-state index contributed by atoms with van der Waals surface area (Å²) >= 11 is 0. The van der Waals surface area contributed by atoms with Gasteiger partial charge in [-0.1, -0.05) is 100 Å². The van der Waals surface area contributed by atoms with E-state index in [4.69, 9.17) is 24.9 Å². The SMILES string of the molecule is CC(C)Cc1nc(-c2cnc(-c3cnc(-c4ccccc4)nc3CC(C)C)nc2Cc2cccc3ccccc23)ncc1C#N. The molecule has 0 saturated heterocycles.